The van der Waals surface area contributed by atoms with Gasteiger partial charge in [0.15, 0.2) is 5.78 Å². The number of carbonyl (C=O) groups is 2. The van der Waals surface area contributed by atoms with Gasteiger partial charge in [-0.15, -0.1) is 0 Å². The number of hydrogen-bond acceptors (Lipinski definition) is 3. The van der Waals surface area contributed by atoms with E-state index in [2.05, 4.69) is 48.5 Å². The molecule has 5 aliphatic carbocycles. The second-order valence-corrected chi connectivity index (χ2v) is 14.6. The zero-order valence-corrected chi connectivity index (χ0v) is 23.1. The van der Waals surface area contributed by atoms with E-state index in [0.29, 0.717) is 40.3 Å². The molecule has 4 unspecified atom stereocenters. The maximum absolute atomic E-state index is 13.1. The number of Topliss-reactive ketones (excluding diaryl/α,β-unsaturated/α-hetero) is 1. The monoisotopic (exact) mass is 468 g/mol. The highest BCUT2D eigenvalue weighted by Crippen LogP contribution is 2.72. The minimum atomic E-state index is -0.131. The molecule has 0 saturated heterocycles. The average Bonchev–Trinajstić information content (AvgIpc) is 3.00. The molecule has 0 aromatic heterocycles. The Bertz CT molecular complexity index is 927. The number of hydrogen-bond donors (Lipinski definition) is 0. The van der Waals surface area contributed by atoms with E-state index in [-0.39, 0.29) is 22.9 Å². The van der Waals surface area contributed by atoms with Crippen LogP contribution in [0.15, 0.2) is 11.1 Å². The summed E-state index contributed by atoms with van der Waals surface area (Å²) in [5, 5.41) is 0. The van der Waals surface area contributed by atoms with Gasteiger partial charge in [-0.2, -0.15) is 0 Å². The van der Waals surface area contributed by atoms with Crippen LogP contribution >= 0.6 is 0 Å². The zero-order chi connectivity index (χ0) is 24.8. The van der Waals surface area contributed by atoms with Crippen LogP contribution in [0.25, 0.3) is 0 Å². The number of rotatable bonds is 2. The lowest BCUT2D eigenvalue weighted by molar-refractivity contribution is -0.212. The predicted octanol–water partition coefficient (Wildman–Crippen LogP) is 7.53. The topological polar surface area (TPSA) is 43.4 Å². The first kappa shape index (κ1) is 24.6. The van der Waals surface area contributed by atoms with Gasteiger partial charge in [-0.1, -0.05) is 54.0 Å². The zero-order valence-electron chi connectivity index (χ0n) is 23.1. The summed E-state index contributed by atoms with van der Waals surface area (Å²) >= 11 is 0. The molecule has 3 nitrogen and oxygen atoms in total. The number of allylic oxidation sites excluding steroid dienone is 2. The van der Waals surface area contributed by atoms with E-state index in [4.69, 9.17) is 4.74 Å². The van der Waals surface area contributed by atoms with Crippen molar-refractivity contribution in [2.24, 2.45) is 51.2 Å². The maximum Gasteiger partial charge on any atom is 0.302 e. The first-order valence-corrected chi connectivity index (χ1v) is 14.2. The molecule has 3 heteroatoms. The molecule has 0 aromatic rings. The van der Waals surface area contributed by atoms with Crippen molar-refractivity contribution in [2.45, 2.75) is 119 Å². The summed E-state index contributed by atoms with van der Waals surface area (Å²) in [5.74, 6) is 3.30. The van der Waals surface area contributed by atoms with E-state index in [1.165, 1.54) is 50.5 Å². The Balaban J connectivity index is 1.50. The van der Waals surface area contributed by atoms with Crippen molar-refractivity contribution in [2.75, 3.05) is 0 Å². The quantitative estimate of drug-likeness (QED) is 0.393. The molecule has 0 aliphatic heterocycles. The fraction of sp³-hybridized carbons (Fsp3) is 0.871. The Hall–Kier alpha value is -1.12. The molecule has 4 saturated carbocycles. The van der Waals surface area contributed by atoms with Gasteiger partial charge in [0.25, 0.3) is 0 Å². The van der Waals surface area contributed by atoms with Crippen LogP contribution in [-0.2, 0) is 14.3 Å². The highest BCUT2D eigenvalue weighted by atomic mass is 16.5. The third kappa shape index (κ3) is 3.20. The molecule has 5 aliphatic rings. The molecule has 5 rings (SSSR count). The van der Waals surface area contributed by atoms with Gasteiger partial charge in [-0.25, -0.2) is 0 Å². The number of fused-ring (bicyclic) bond motifs is 7. The second-order valence-electron chi connectivity index (χ2n) is 14.6. The van der Waals surface area contributed by atoms with Gasteiger partial charge in [0.2, 0.25) is 0 Å². The maximum atomic E-state index is 13.1. The van der Waals surface area contributed by atoms with Gasteiger partial charge in [0.05, 0.1) is 0 Å². The van der Waals surface area contributed by atoms with Crippen LogP contribution in [0.3, 0.4) is 0 Å². The van der Waals surface area contributed by atoms with Crippen molar-refractivity contribution in [3.05, 3.63) is 11.1 Å². The van der Waals surface area contributed by atoms with Crippen LogP contribution < -0.4 is 0 Å². The molecule has 0 radical (unpaired) electrons. The molecule has 0 aromatic carbocycles. The first-order valence-electron chi connectivity index (χ1n) is 14.2. The van der Waals surface area contributed by atoms with E-state index in [1.54, 1.807) is 12.5 Å². The minimum Gasteiger partial charge on any atom is -0.462 e. The minimum absolute atomic E-state index is 0.0210. The SMILES string of the molecule is CC(=O)O[C@H]1CC[C@@]2(C)C(CC[C@@]3(C)C4CC[C@@]5(C)CC(=O)C(C(C)C)=C5C4CCC32)C1(C)C. The van der Waals surface area contributed by atoms with Crippen LogP contribution in [-0.4, -0.2) is 17.9 Å². The van der Waals surface area contributed by atoms with Crippen molar-refractivity contribution in [1.82, 2.24) is 0 Å². The van der Waals surface area contributed by atoms with Crippen LogP contribution in [0.2, 0.25) is 0 Å². The number of esters is 1. The lowest BCUT2D eigenvalue weighted by Crippen LogP contribution is -2.62. The normalized spacial score (nSPS) is 47.6. The molecular formula is C31H48O3. The van der Waals surface area contributed by atoms with Crippen LogP contribution in [0.4, 0.5) is 0 Å². The van der Waals surface area contributed by atoms with E-state index < -0.39 is 0 Å². The van der Waals surface area contributed by atoms with Gasteiger partial charge in [-0.05, 0) is 103 Å². The van der Waals surface area contributed by atoms with Crippen LogP contribution in [0.5, 0.6) is 0 Å². The Morgan fingerprint density at radius 3 is 2.21 bits per heavy atom. The number of ether oxygens (including phenoxy) is 1. The second kappa shape index (κ2) is 7.69. The van der Waals surface area contributed by atoms with Crippen molar-refractivity contribution >= 4 is 11.8 Å². The molecular weight excluding hydrogens is 420 g/mol. The fourth-order valence-electron chi connectivity index (χ4n) is 11.0. The van der Waals surface area contributed by atoms with Crippen LogP contribution in [0, 0.1) is 51.2 Å². The highest BCUT2D eigenvalue weighted by Gasteiger charge is 2.66. The van der Waals surface area contributed by atoms with Gasteiger partial charge in [0, 0.05) is 18.8 Å². The van der Waals surface area contributed by atoms with Crippen molar-refractivity contribution < 1.29 is 14.3 Å². The van der Waals surface area contributed by atoms with Crippen molar-refractivity contribution in [3.8, 4) is 0 Å². The molecule has 190 valence electrons. The molecule has 0 bridgehead atoms. The van der Waals surface area contributed by atoms with Gasteiger partial charge >= 0.3 is 5.97 Å². The molecule has 8 atom stereocenters. The summed E-state index contributed by atoms with van der Waals surface area (Å²) in [6.07, 6.45) is 10.5. The van der Waals surface area contributed by atoms with E-state index in [0.717, 1.165) is 18.8 Å². The van der Waals surface area contributed by atoms with Crippen molar-refractivity contribution in [1.29, 1.82) is 0 Å². The smallest absolute Gasteiger partial charge is 0.302 e. The van der Waals surface area contributed by atoms with Crippen LogP contribution in [0.1, 0.15) is 113 Å². The van der Waals surface area contributed by atoms with Crippen molar-refractivity contribution in [3.63, 3.8) is 0 Å². The fourth-order valence-corrected chi connectivity index (χ4v) is 11.0. The number of carbonyl (C=O) groups excluding carboxylic acids is 2. The third-order valence-corrected chi connectivity index (χ3v) is 12.2. The van der Waals surface area contributed by atoms with Gasteiger partial charge in [-0.3, -0.25) is 9.59 Å². The Kier molecular flexibility index (Phi) is 5.56. The Morgan fingerprint density at radius 2 is 1.56 bits per heavy atom. The number of ketones is 1. The summed E-state index contributed by atoms with van der Waals surface area (Å²) in [4.78, 5) is 25.0. The molecule has 0 N–H and O–H groups in total. The summed E-state index contributed by atoms with van der Waals surface area (Å²) in [6, 6.07) is 0. The molecule has 0 spiro atoms. The van der Waals surface area contributed by atoms with E-state index >= 15 is 0 Å². The van der Waals surface area contributed by atoms with E-state index in [9.17, 15) is 9.59 Å². The molecule has 0 heterocycles. The summed E-state index contributed by atoms with van der Waals surface area (Å²) < 4.78 is 5.87. The van der Waals surface area contributed by atoms with Gasteiger partial charge in [0.1, 0.15) is 6.10 Å². The third-order valence-electron chi connectivity index (χ3n) is 12.2. The highest BCUT2D eigenvalue weighted by molar-refractivity contribution is 6.00. The Labute approximate surface area is 207 Å². The van der Waals surface area contributed by atoms with E-state index in [1.807, 2.05) is 0 Å². The largest absolute Gasteiger partial charge is 0.462 e. The van der Waals surface area contributed by atoms with Gasteiger partial charge < -0.3 is 4.74 Å². The summed E-state index contributed by atoms with van der Waals surface area (Å²) in [6.45, 7) is 18.4. The molecule has 0 amide bonds. The lowest BCUT2D eigenvalue weighted by Gasteiger charge is -2.68. The Morgan fingerprint density at radius 1 is 0.882 bits per heavy atom. The summed E-state index contributed by atoms with van der Waals surface area (Å²) in [7, 11) is 0. The standard InChI is InChI=1S/C31H48O3/c1-18(2)26-22(33)17-29(6)14-11-21-20(27(26)29)9-10-24-30(21,7)15-12-23-28(4,5)25(34-19(3)32)13-16-31(23,24)8/h18,20-21,23-25H,9-17H2,1-8H3/t20?,21?,23?,24?,25-,29-,30-,31-/m0/s1. The first-order chi connectivity index (χ1) is 15.8. The summed E-state index contributed by atoms with van der Waals surface area (Å²) in [5.41, 5.74) is 3.59. The lowest BCUT2D eigenvalue weighted by atomic mass is 9.36. The molecule has 4 fully saturated rings. The predicted molar refractivity (Wildman–Crippen MR) is 136 cm³/mol. The molecule has 34 heavy (non-hydrogen) atoms. The average molecular weight is 469 g/mol.